The lowest BCUT2D eigenvalue weighted by Gasteiger charge is -2.10. The monoisotopic (exact) mass is 422 g/mol. The van der Waals surface area contributed by atoms with Crippen LogP contribution in [0.3, 0.4) is 0 Å². The number of nitrogens with one attached hydrogen (secondary N) is 2. The molecule has 0 spiro atoms. The predicted molar refractivity (Wildman–Crippen MR) is 119 cm³/mol. The van der Waals surface area contributed by atoms with Gasteiger partial charge in [-0.25, -0.2) is 4.98 Å². The lowest BCUT2D eigenvalue weighted by molar-refractivity contribution is -0.121. The van der Waals surface area contributed by atoms with Gasteiger partial charge in [0.1, 0.15) is 6.54 Å². The Morgan fingerprint density at radius 2 is 1.87 bits per heavy atom. The number of methoxy groups -OCH3 is 2. The lowest BCUT2D eigenvalue weighted by atomic mass is 10.1. The van der Waals surface area contributed by atoms with Crippen molar-refractivity contribution in [1.29, 1.82) is 0 Å². The zero-order valence-corrected chi connectivity index (χ0v) is 17.9. The fraction of sp³-hybridized carbons (Fsp3) is 0.261. The van der Waals surface area contributed by atoms with E-state index in [0.29, 0.717) is 41.2 Å². The van der Waals surface area contributed by atoms with Gasteiger partial charge in [0.25, 0.3) is 5.91 Å². The van der Waals surface area contributed by atoms with Crippen molar-refractivity contribution in [2.75, 3.05) is 26.1 Å². The molecule has 31 heavy (non-hydrogen) atoms. The van der Waals surface area contributed by atoms with Crippen molar-refractivity contribution in [3.05, 3.63) is 60.4 Å². The minimum Gasteiger partial charge on any atom is -0.493 e. The summed E-state index contributed by atoms with van der Waals surface area (Å²) in [5, 5.41) is 5.68. The molecule has 0 aliphatic rings. The van der Waals surface area contributed by atoms with E-state index in [4.69, 9.17) is 9.47 Å². The first-order valence-electron chi connectivity index (χ1n) is 9.80. The fourth-order valence-corrected chi connectivity index (χ4v) is 3.10. The van der Waals surface area contributed by atoms with Gasteiger partial charge in [0, 0.05) is 17.8 Å². The maximum atomic E-state index is 12.4. The molecule has 2 N–H and O–H groups in total. The number of aromatic nitrogens is 2. The average Bonchev–Trinajstić information content (AvgIpc) is 3.15. The molecule has 162 valence electrons. The largest absolute Gasteiger partial charge is 0.493 e. The molecule has 2 amide bonds. The number of hydrogen-bond donors (Lipinski definition) is 2. The summed E-state index contributed by atoms with van der Waals surface area (Å²) in [7, 11) is 3.19. The molecule has 0 aliphatic carbocycles. The number of anilines is 1. The Labute approximate surface area is 180 Å². The van der Waals surface area contributed by atoms with Crippen LogP contribution in [0.25, 0.3) is 11.0 Å². The summed E-state index contributed by atoms with van der Waals surface area (Å²) in [4.78, 5) is 28.5. The normalized spacial score (nSPS) is 10.5. The van der Waals surface area contributed by atoms with Gasteiger partial charge in [-0.3, -0.25) is 9.59 Å². The van der Waals surface area contributed by atoms with E-state index in [1.807, 2.05) is 24.3 Å². The summed E-state index contributed by atoms with van der Waals surface area (Å²) < 4.78 is 12.3. The van der Waals surface area contributed by atoms with Crippen LogP contribution in [0, 0.1) is 0 Å². The molecule has 0 radical (unpaired) electrons. The molecule has 8 nitrogen and oxygen atoms in total. The first-order chi connectivity index (χ1) is 14.9. The van der Waals surface area contributed by atoms with E-state index < -0.39 is 0 Å². The van der Waals surface area contributed by atoms with Gasteiger partial charge < -0.3 is 24.7 Å². The molecule has 0 fully saturated rings. The Morgan fingerprint density at radius 3 is 2.58 bits per heavy atom. The standard InChI is InChI=1S/C23H26N4O4/c1-15(2)23(29)26-17-6-7-19-18(12-17)25-14-27(19)13-22(28)24-10-9-16-5-8-20(30-3)21(11-16)31-4/h5-8,11-12,14H,1,9-10,13H2,2-4H3,(H,24,28)(H,26,29). The Balaban J connectivity index is 1.57. The molecular formula is C23H26N4O4. The summed E-state index contributed by atoms with van der Waals surface area (Å²) in [6.45, 7) is 5.92. The second-order valence-corrected chi connectivity index (χ2v) is 7.10. The average molecular weight is 422 g/mol. The van der Waals surface area contributed by atoms with E-state index in [1.54, 1.807) is 44.2 Å². The molecule has 3 rings (SSSR count). The number of rotatable bonds is 9. The van der Waals surface area contributed by atoms with Crippen LogP contribution in [0.2, 0.25) is 0 Å². The number of nitrogens with zero attached hydrogens (tertiary/aromatic N) is 2. The first kappa shape index (κ1) is 21.9. The Bertz CT molecular complexity index is 1120. The van der Waals surface area contributed by atoms with Crippen LogP contribution < -0.4 is 20.1 Å². The van der Waals surface area contributed by atoms with E-state index in [1.165, 1.54) is 0 Å². The molecule has 2 aromatic carbocycles. The SMILES string of the molecule is C=C(C)C(=O)Nc1ccc2c(c1)ncn2CC(=O)NCCc1ccc(OC)c(OC)c1. The van der Waals surface area contributed by atoms with Gasteiger partial charge in [-0.1, -0.05) is 12.6 Å². The van der Waals surface area contributed by atoms with Gasteiger partial charge in [-0.2, -0.15) is 0 Å². The number of amides is 2. The van der Waals surface area contributed by atoms with E-state index in [9.17, 15) is 9.59 Å². The quantitative estimate of drug-likeness (QED) is 0.517. The van der Waals surface area contributed by atoms with Crippen molar-refractivity contribution >= 4 is 28.5 Å². The van der Waals surface area contributed by atoms with Crippen molar-refractivity contribution in [3.8, 4) is 11.5 Å². The first-order valence-corrected chi connectivity index (χ1v) is 9.80. The van der Waals surface area contributed by atoms with E-state index in [2.05, 4.69) is 22.2 Å². The van der Waals surface area contributed by atoms with Gasteiger partial charge in [0.05, 0.1) is 31.6 Å². The topological polar surface area (TPSA) is 94.5 Å². The molecule has 0 aliphatic heterocycles. The van der Waals surface area contributed by atoms with Crippen LogP contribution >= 0.6 is 0 Å². The fourth-order valence-electron chi connectivity index (χ4n) is 3.10. The van der Waals surface area contributed by atoms with Crippen LogP contribution in [-0.2, 0) is 22.6 Å². The maximum absolute atomic E-state index is 12.4. The molecular weight excluding hydrogens is 396 g/mol. The number of imidazole rings is 1. The van der Waals surface area contributed by atoms with Crippen LogP contribution in [0.5, 0.6) is 11.5 Å². The second kappa shape index (κ2) is 9.80. The maximum Gasteiger partial charge on any atom is 0.250 e. The number of benzene rings is 2. The minimum absolute atomic E-state index is 0.112. The number of ether oxygens (including phenoxy) is 2. The van der Waals surface area contributed by atoms with Crippen LogP contribution in [-0.4, -0.2) is 42.1 Å². The highest BCUT2D eigenvalue weighted by Crippen LogP contribution is 2.27. The summed E-state index contributed by atoms with van der Waals surface area (Å²) in [6, 6.07) is 11.1. The third-order valence-electron chi connectivity index (χ3n) is 4.76. The molecule has 0 unspecified atom stereocenters. The molecule has 0 saturated carbocycles. The molecule has 8 heteroatoms. The second-order valence-electron chi connectivity index (χ2n) is 7.10. The zero-order chi connectivity index (χ0) is 22.4. The molecule has 0 saturated heterocycles. The molecule has 1 aromatic heterocycles. The van der Waals surface area contributed by atoms with E-state index in [-0.39, 0.29) is 18.4 Å². The summed E-state index contributed by atoms with van der Waals surface area (Å²) >= 11 is 0. The lowest BCUT2D eigenvalue weighted by Crippen LogP contribution is -2.29. The van der Waals surface area contributed by atoms with Crippen LogP contribution in [0.1, 0.15) is 12.5 Å². The van der Waals surface area contributed by atoms with E-state index >= 15 is 0 Å². The smallest absolute Gasteiger partial charge is 0.250 e. The third-order valence-corrected chi connectivity index (χ3v) is 4.76. The third kappa shape index (κ3) is 5.42. The van der Waals surface area contributed by atoms with Crippen LogP contribution in [0.15, 0.2) is 54.9 Å². The molecule has 0 atom stereocenters. The van der Waals surface area contributed by atoms with Gasteiger partial charge in [0.2, 0.25) is 5.91 Å². The summed E-state index contributed by atoms with van der Waals surface area (Å²) in [5.41, 5.74) is 3.59. The van der Waals surface area contributed by atoms with Crippen molar-refractivity contribution in [2.24, 2.45) is 0 Å². The Hall–Kier alpha value is -3.81. The van der Waals surface area contributed by atoms with Crippen molar-refractivity contribution in [3.63, 3.8) is 0 Å². The highest BCUT2D eigenvalue weighted by Gasteiger charge is 2.10. The number of carbonyl (C=O) groups excluding carboxylic acids is 2. The minimum atomic E-state index is -0.243. The molecule has 1 heterocycles. The van der Waals surface area contributed by atoms with Gasteiger partial charge in [-0.15, -0.1) is 0 Å². The Kier molecular flexibility index (Phi) is 6.92. The Morgan fingerprint density at radius 1 is 1.10 bits per heavy atom. The van der Waals surface area contributed by atoms with Gasteiger partial charge in [-0.05, 0) is 49.2 Å². The summed E-state index contributed by atoms with van der Waals surface area (Å²) in [5.74, 6) is 0.978. The van der Waals surface area contributed by atoms with Gasteiger partial charge >= 0.3 is 0 Å². The van der Waals surface area contributed by atoms with Crippen molar-refractivity contribution < 1.29 is 19.1 Å². The predicted octanol–water partition coefficient (Wildman–Crippen LogP) is 2.93. The van der Waals surface area contributed by atoms with Crippen molar-refractivity contribution in [1.82, 2.24) is 14.9 Å². The highest BCUT2D eigenvalue weighted by molar-refractivity contribution is 6.03. The van der Waals surface area contributed by atoms with Crippen molar-refractivity contribution in [2.45, 2.75) is 19.9 Å². The highest BCUT2D eigenvalue weighted by atomic mass is 16.5. The number of carbonyl (C=O) groups is 2. The number of hydrogen-bond acceptors (Lipinski definition) is 5. The van der Waals surface area contributed by atoms with Gasteiger partial charge in [0.15, 0.2) is 11.5 Å². The van der Waals surface area contributed by atoms with Crippen LogP contribution in [0.4, 0.5) is 5.69 Å². The summed E-state index contributed by atoms with van der Waals surface area (Å²) in [6.07, 6.45) is 2.28. The zero-order valence-electron chi connectivity index (χ0n) is 17.9. The molecule has 0 bridgehead atoms. The van der Waals surface area contributed by atoms with E-state index in [0.717, 1.165) is 11.1 Å². The molecule has 3 aromatic rings. The number of fused-ring (bicyclic) bond motifs is 1.